The van der Waals surface area contributed by atoms with Crippen LogP contribution in [0, 0.1) is 5.82 Å². The molecule has 0 bridgehead atoms. The first kappa shape index (κ1) is 17.6. The number of esters is 1. The Kier molecular flexibility index (Phi) is 5.28. The van der Waals surface area contributed by atoms with E-state index in [4.69, 9.17) is 11.6 Å². The molecular formula is C18H14ClFN4O2. The smallest absolute Gasteiger partial charge is 0.337 e. The third kappa shape index (κ3) is 4.25. The fourth-order valence-corrected chi connectivity index (χ4v) is 2.33. The van der Waals surface area contributed by atoms with Crippen molar-refractivity contribution in [3.8, 4) is 0 Å². The molecule has 0 aliphatic rings. The van der Waals surface area contributed by atoms with Crippen LogP contribution < -0.4 is 10.6 Å². The van der Waals surface area contributed by atoms with Crippen molar-refractivity contribution in [2.24, 2.45) is 0 Å². The van der Waals surface area contributed by atoms with Crippen LogP contribution in [0.1, 0.15) is 10.4 Å². The van der Waals surface area contributed by atoms with E-state index in [1.807, 2.05) is 0 Å². The summed E-state index contributed by atoms with van der Waals surface area (Å²) in [4.78, 5) is 19.9. The zero-order chi connectivity index (χ0) is 18.5. The number of carbonyl (C=O) groups is 1. The SMILES string of the molecule is COC(=O)c1ccc(Nc2ccnc(Nc3ccc(F)c(Cl)c3)n2)cc1. The normalized spacial score (nSPS) is 10.3. The number of hydrogen-bond donors (Lipinski definition) is 2. The second-order valence-corrected chi connectivity index (χ2v) is 5.62. The number of hydrogen-bond acceptors (Lipinski definition) is 6. The van der Waals surface area contributed by atoms with Crippen molar-refractivity contribution >= 4 is 40.7 Å². The highest BCUT2D eigenvalue weighted by molar-refractivity contribution is 6.31. The maximum absolute atomic E-state index is 13.2. The summed E-state index contributed by atoms with van der Waals surface area (Å²) in [6.45, 7) is 0. The van der Waals surface area contributed by atoms with Gasteiger partial charge in [0.1, 0.15) is 11.6 Å². The molecular weight excluding hydrogens is 359 g/mol. The lowest BCUT2D eigenvalue weighted by molar-refractivity contribution is 0.0601. The van der Waals surface area contributed by atoms with Crippen molar-refractivity contribution in [2.75, 3.05) is 17.7 Å². The number of aromatic nitrogens is 2. The Bertz CT molecular complexity index is 935. The summed E-state index contributed by atoms with van der Waals surface area (Å²) in [5.74, 6) is -0.0302. The maximum atomic E-state index is 13.2. The Hall–Kier alpha value is -3.19. The molecule has 26 heavy (non-hydrogen) atoms. The molecule has 3 aromatic rings. The fourth-order valence-electron chi connectivity index (χ4n) is 2.15. The number of benzene rings is 2. The maximum Gasteiger partial charge on any atom is 0.337 e. The Labute approximate surface area is 154 Å². The highest BCUT2D eigenvalue weighted by atomic mass is 35.5. The molecule has 1 heterocycles. The predicted molar refractivity (Wildman–Crippen MR) is 97.8 cm³/mol. The topological polar surface area (TPSA) is 76.1 Å². The molecule has 0 amide bonds. The molecule has 1 aromatic heterocycles. The number of nitrogens with one attached hydrogen (secondary N) is 2. The van der Waals surface area contributed by atoms with E-state index in [1.165, 1.54) is 25.3 Å². The van der Waals surface area contributed by atoms with Gasteiger partial charge in [-0.15, -0.1) is 0 Å². The zero-order valence-corrected chi connectivity index (χ0v) is 14.4. The average molecular weight is 373 g/mol. The predicted octanol–water partition coefficient (Wildman–Crippen LogP) is 4.54. The molecule has 0 saturated carbocycles. The molecule has 6 nitrogen and oxygen atoms in total. The lowest BCUT2D eigenvalue weighted by Crippen LogP contribution is -2.02. The van der Waals surface area contributed by atoms with E-state index >= 15 is 0 Å². The van der Waals surface area contributed by atoms with Crippen LogP contribution in [-0.2, 0) is 4.74 Å². The van der Waals surface area contributed by atoms with Gasteiger partial charge in [-0.25, -0.2) is 14.2 Å². The van der Waals surface area contributed by atoms with Crippen LogP contribution in [0.3, 0.4) is 0 Å². The van der Waals surface area contributed by atoms with Crippen molar-refractivity contribution < 1.29 is 13.9 Å². The van der Waals surface area contributed by atoms with Crippen molar-refractivity contribution in [3.05, 3.63) is 71.1 Å². The van der Waals surface area contributed by atoms with Gasteiger partial charge < -0.3 is 15.4 Å². The molecule has 2 N–H and O–H groups in total. The van der Waals surface area contributed by atoms with Crippen LogP contribution >= 0.6 is 11.6 Å². The average Bonchev–Trinajstić information content (AvgIpc) is 2.65. The van der Waals surface area contributed by atoms with E-state index in [9.17, 15) is 9.18 Å². The first-order valence-electron chi connectivity index (χ1n) is 7.55. The summed E-state index contributed by atoms with van der Waals surface area (Å²) in [6.07, 6.45) is 1.58. The van der Waals surface area contributed by atoms with Crippen LogP contribution in [-0.4, -0.2) is 23.0 Å². The Morgan fingerprint density at radius 1 is 1.08 bits per heavy atom. The number of rotatable bonds is 5. The Morgan fingerprint density at radius 3 is 2.50 bits per heavy atom. The molecule has 0 aliphatic heterocycles. The first-order valence-corrected chi connectivity index (χ1v) is 7.93. The fraction of sp³-hybridized carbons (Fsp3) is 0.0556. The van der Waals surface area contributed by atoms with Gasteiger partial charge in [-0.3, -0.25) is 0 Å². The lowest BCUT2D eigenvalue weighted by atomic mass is 10.2. The molecule has 0 spiro atoms. The minimum Gasteiger partial charge on any atom is -0.465 e. The second-order valence-electron chi connectivity index (χ2n) is 5.21. The second kappa shape index (κ2) is 7.79. The number of nitrogens with zero attached hydrogens (tertiary/aromatic N) is 2. The van der Waals surface area contributed by atoms with Crippen LogP contribution in [0.2, 0.25) is 5.02 Å². The molecule has 3 rings (SSSR count). The molecule has 8 heteroatoms. The minimum atomic E-state index is -0.496. The number of ether oxygens (including phenoxy) is 1. The Morgan fingerprint density at radius 2 is 1.81 bits per heavy atom. The van der Waals surface area contributed by atoms with Gasteiger partial charge in [-0.2, -0.15) is 4.98 Å². The molecule has 132 valence electrons. The molecule has 0 atom stereocenters. The highest BCUT2D eigenvalue weighted by Gasteiger charge is 2.06. The van der Waals surface area contributed by atoms with Gasteiger partial charge in [0.05, 0.1) is 17.7 Å². The molecule has 0 fully saturated rings. The Balaban J connectivity index is 1.72. The van der Waals surface area contributed by atoms with E-state index in [1.54, 1.807) is 36.5 Å². The van der Waals surface area contributed by atoms with E-state index in [-0.39, 0.29) is 5.02 Å². The summed E-state index contributed by atoms with van der Waals surface area (Å²) in [5.41, 5.74) is 1.76. The van der Waals surface area contributed by atoms with Crippen LogP contribution in [0.4, 0.5) is 27.5 Å². The zero-order valence-electron chi connectivity index (χ0n) is 13.7. The minimum absolute atomic E-state index is 0.00924. The van der Waals surface area contributed by atoms with E-state index in [0.717, 1.165) is 5.69 Å². The summed E-state index contributed by atoms with van der Waals surface area (Å²) in [6, 6.07) is 12.7. The van der Waals surface area contributed by atoms with E-state index < -0.39 is 11.8 Å². The van der Waals surface area contributed by atoms with Gasteiger partial charge >= 0.3 is 5.97 Å². The van der Waals surface area contributed by atoms with E-state index in [2.05, 4.69) is 25.3 Å². The van der Waals surface area contributed by atoms with Gasteiger partial charge in [0.25, 0.3) is 0 Å². The summed E-state index contributed by atoms with van der Waals surface area (Å²) >= 11 is 5.76. The third-order valence-corrected chi connectivity index (χ3v) is 3.70. The first-order chi connectivity index (χ1) is 12.5. The quantitative estimate of drug-likeness (QED) is 0.640. The number of halogens is 2. The van der Waals surface area contributed by atoms with Crippen LogP contribution in [0.15, 0.2) is 54.7 Å². The van der Waals surface area contributed by atoms with Gasteiger partial charge in [-0.1, -0.05) is 11.6 Å². The highest BCUT2D eigenvalue weighted by Crippen LogP contribution is 2.22. The standard InChI is InChI=1S/C18H14ClFN4O2/c1-26-17(25)11-2-4-12(5-3-11)22-16-8-9-21-18(24-16)23-13-6-7-15(20)14(19)10-13/h2-10H,1H3,(H2,21,22,23,24). The summed E-state index contributed by atoms with van der Waals surface area (Å²) in [5, 5.41) is 6.07. The van der Waals surface area contributed by atoms with Crippen molar-refractivity contribution in [3.63, 3.8) is 0 Å². The van der Waals surface area contributed by atoms with E-state index in [0.29, 0.717) is 23.0 Å². The van der Waals surface area contributed by atoms with Crippen molar-refractivity contribution in [2.45, 2.75) is 0 Å². The van der Waals surface area contributed by atoms with Gasteiger partial charge in [0, 0.05) is 17.6 Å². The number of carbonyl (C=O) groups excluding carboxylic acids is 1. The van der Waals surface area contributed by atoms with Gasteiger partial charge in [-0.05, 0) is 48.5 Å². The molecule has 0 saturated heterocycles. The molecule has 0 aliphatic carbocycles. The summed E-state index contributed by atoms with van der Waals surface area (Å²) < 4.78 is 17.9. The third-order valence-electron chi connectivity index (χ3n) is 3.41. The molecule has 0 radical (unpaired) electrons. The van der Waals surface area contributed by atoms with Crippen LogP contribution in [0.25, 0.3) is 0 Å². The lowest BCUT2D eigenvalue weighted by Gasteiger charge is -2.09. The molecule has 2 aromatic carbocycles. The largest absolute Gasteiger partial charge is 0.465 e. The summed E-state index contributed by atoms with van der Waals surface area (Å²) in [7, 11) is 1.33. The van der Waals surface area contributed by atoms with Crippen LogP contribution in [0.5, 0.6) is 0 Å². The monoisotopic (exact) mass is 372 g/mol. The number of methoxy groups -OCH3 is 1. The number of anilines is 4. The van der Waals surface area contributed by atoms with Gasteiger partial charge in [0.15, 0.2) is 0 Å². The van der Waals surface area contributed by atoms with Gasteiger partial charge in [0.2, 0.25) is 5.95 Å². The van der Waals surface area contributed by atoms with Crippen molar-refractivity contribution in [1.29, 1.82) is 0 Å². The molecule has 0 unspecified atom stereocenters. The van der Waals surface area contributed by atoms with Crippen molar-refractivity contribution in [1.82, 2.24) is 9.97 Å².